The molecule has 0 aromatic heterocycles. The van der Waals surface area contributed by atoms with E-state index in [1.807, 2.05) is 0 Å². The van der Waals surface area contributed by atoms with Crippen LogP contribution < -0.4 is 4.90 Å². The molecule has 2 saturated heterocycles. The van der Waals surface area contributed by atoms with Gasteiger partial charge in [0.15, 0.2) is 0 Å². The molecule has 1 unspecified atom stereocenters. The molecule has 2 aliphatic heterocycles. The molecular formula is C11H20N2. The van der Waals surface area contributed by atoms with Crippen LogP contribution in [0.25, 0.3) is 0 Å². The first kappa shape index (κ1) is 8.25. The maximum Gasteiger partial charge on any atom is 0.0576 e. The van der Waals surface area contributed by atoms with Crippen LogP contribution in [0.1, 0.15) is 19.3 Å². The first-order valence-corrected chi connectivity index (χ1v) is 5.73. The standard InChI is InChI=1S/C11H20N2/c1-12-5-9-7-13(8-10(9)6-12)11-3-2-4-11/h9-12H,1-8H2/t9-,10+. The van der Waals surface area contributed by atoms with Crippen LogP contribution in [0.2, 0.25) is 0 Å². The van der Waals surface area contributed by atoms with E-state index in [2.05, 4.69) is 11.9 Å². The average Bonchev–Trinajstić information content (AvgIpc) is 2.39. The van der Waals surface area contributed by atoms with Gasteiger partial charge in [-0.05, 0) is 12.8 Å². The van der Waals surface area contributed by atoms with E-state index in [9.17, 15) is 0 Å². The third-order valence-electron chi connectivity index (χ3n) is 4.30. The molecule has 1 aliphatic carbocycles. The Morgan fingerprint density at radius 1 is 1.08 bits per heavy atom. The molecule has 3 aliphatic rings. The quantitative estimate of drug-likeness (QED) is 0.548. The number of fused-ring (bicyclic) bond motifs is 1. The molecule has 3 rings (SSSR count). The summed E-state index contributed by atoms with van der Waals surface area (Å²) in [6, 6.07) is 0.971. The smallest absolute Gasteiger partial charge is 0.0576 e. The third-order valence-corrected chi connectivity index (χ3v) is 4.30. The van der Waals surface area contributed by atoms with Crippen molar-refractivity contribution >= 4 is 0 Å². The number of quaternary nitrogens is 1. The Bertz CT molecular complexity index is 186. The SMILES string of the molecule is [CH2-][NH+]1C[C@H]2CN(C3CCC3)C[C@H]2C1. The van der Waals surface area contributed by atoms with Crippen LogP contribution >= 0.6 is 0 Å². The van der Waals surface area contributed by atoms with Gasteiger partial charge in [0.2, 0.25) is 0 Å². The minimum Gasteiger partial charge on any atom is -0.467 e. The molecule has 2 nitrogen and oxygen atoms in total. The van der Waals surface area contributed by atoms with Crippen molar-refractivity contribution in [2.45, 2.75) is 25.3 Å². The molecule has 2 heterocycles. The highest BCUT2D eigenvalue weighted by atomic mass is 15.2. The van der Waals surface area contributed by atoms with E-state index < -0.39 is 0 Å². The maximum atomic E-state index is 4.12. The first-order chi connectivity index (χ1) is 6.33. The van der Waals surface area contributed by atoms with Crippen molar-refractivity contribution in [1.29, 1.82) is 0 Å². The molecule has 74 valence electrons. The molecule has 0 bridgehead atoms. The van der Waals surface area contributed by atoms with Crippen molar-refractivity contribution in [2.75, 3.05) is 26.2 Å². The zero-order valence-electron chi connectivity index (χ0n) is 8.34. The number of likely N-dealkylation sites (tertiary alicyclic amines) is 2. The van der Waals surface area contributed by atoms with Gasteiger partial charge in [0.05, 0.1) is 13.1 Å². The summed E-state index contributed by atoms with van der Waals surface area (Å²) in [5.74, 6) is 1.96. The fourth-order valence-corrected chi connectivity index (χ4v) is 3.31. The van der Waals surface area contributed by atoms with Gasteiger partial charge in [-0.25, -0.2) is 0 Å². The number of hydrogen-bond acceptors (Lipinski definition) is 1. The summed E-state index contributed by atoms with van der Waals surface area (Å²) < 4.78 is 0. The summed E-state index contributed by atoms with van der Waals surface area (Å²) >= 11 is 0. The van der Waals surface area contributed by atoms with E-state index in [1.54, 1.807) is 0 Å². The van der Waals surface area contributed by atoms with Crippen LogP contribution in [0.3, 0.4) is 0 Å². The van der Waals surface area contributed by atoms with Gasteiger partial charge in [0.25, 0.3) is 0 Å². The number of rotatable bonds is 1. The monoisotopic (exact) mass is 180 g/mol. The number of hydrogen-bond donors (Lipinski definition) is 1. The molecule has 0 aromatic carbocycles. The van der Waals surface area contributed by atoms with Crippen LogP contribution in [0.4, 0.5) is 0 Å². The summed E-state index contributed by atoms with van der Waals surface area (Å²) in [7, 11) is 4.12. The molecular weight excluding hydrogens is 160 g/mol. The van der Waals surface area contributed by atoms with E-state index in [4.69, 9.17) is 0 Å². The largest absolute Gasteiger partial charge is 0.467 e. The molecule has 0 amide bonds. The Hall–Kier alpha value is -0.0800. The predicted molar refractivity (Wildman–Crippen MR) is 52.2 cm³/mol. The highest BCUT2D eigenvalue weighted by Gasteiger charge is 2.42. The molecule has 0 radical (unpaired) electrons. The molecule has 13 heavy (non-hydrogen) atoms. The third kappa shape index (κ3) is 1.31. The number of nitrogens with one attached hydrogen (secondary N) is 1. The predicted octanol–water partition coefficient (Wildman–Crippen LogP) is -0.223. The summed E-state index contributed by atoms with van der Waals surface area (Å²) in [6.45, 7) is 5.42. The zero-order valence-corrected chi connectivity index (χ0v) is 8.34. The van der Waals surface area contributed by atoms with Crippen LogP contribution in [0.5, 0.6) is 0 Å². The van der Waals surface area contributed by atoms with Gasteiger partial charge in [0.1, 0.15) is 0 Å². The van der Waals surface area contributed by atoms with E-state index in [-0.39, 0.29) is 0 Å². The molecule has 0 aromatic rings. The second-order valence-corrected chi connectivity index (χ2v) is 5.22. The van der Waals surface area contributed by atoms with Crippen LogP contribution in [0.15, 0.2) is 0 Å². The van der Waals surface area contributed by atoms with E-state index in [1.165, 1.54) is 50.3 Å². The minimum absolute atomic E-state index is 0.971. The Balaban J connectivity index is 1.61. The topological polar surface area (TPSA) is 7.68 Å². The van der Waals surface area contributed by atoms with Gasteiger partial charge < -0.3 is 4.90 Å². The fourth-order valence-electron chi connectivity index (χ4n) is 3.31. The lowest BCUT2D eigenvalue weighted by Gasteiger charge is -2.35. The summed E-state index contributed by atoms with van der Waals surface area (Å²) in [5, 5.41) is 0. The van der Waals surface area contributed by atoms with Gasteiger partial charge in [-0.1, -0.05) is 6.42 Å². The van der Waals surface area contributed by atoms with Crippen molar-refractivity contribution in [3.63, 3.8) is 0 Å². The molecule has 2 heteroatoms. The highest BCUT2D eigenvalue weighted by molar-refractivity contribution is 4.91. The Morgan fingerprint density at radius 2 is 1.69 bits per heavy atom. The molecule has 0 spiro atoms. The van der Waals surface area contributed by atoms with Crippen LogP contribution in [-0.2, 0) is 0 Å². The second-order valence-electron chi connectivity index (χ2n) is 5.22. The summed E-state index contributed by atoms with van der Waals surface area (Å²) in [5.41, 5.74) is 0. The lowest BCUT2D eigenvalue weighted by molar-refractivity contribution is -0.843. The normalized spacial score (nSPS) is 46.4. The van der Waals surface area contributed by atoms with Crippen LogP contribution in [0, 0.1) is 18.9 Å². The zero-order chi connectivity index (χ0) is 8.84. The Kier molecular flexibility index (Phi) is 1.88. The maximum absolute atomic E-state index is 4.12. The van der Waals surface area contributed by atoms with Gasteiger partial charge in [-0.2, -0.15) is 7.05 Å². The van der Waals surface area contributed by atoms with Crippen molar-refractivity contribution < 1.29 is 4.90 Å². The van der Waals surface area contributed by atoms with Crippen molar-refractivity contribution in [1.82, 2.24) is 4.90 Å². The van der Waals surface area contributed by atoms with E-state index >= 15 is 0 Å². The van der Waals surface area contributed by atoms with Gasteiger partial charge in [-0.15, -0.1) is 0 Å². The first-order valence-electron chi connectivity index (χ1n) is 5.73. The second kappa shape index (κ2) is 2.96. The molecule has 3 atom stereocenters. The summed E-state index contributed by atoms with van der Waals surface area (Å²) in [4.78, 5) is 4.27. The summed E-state index contributed by atoms with van der Waals surface area (Å²) in [6.07, 6.45) is 4.42. The number of nitrogens with zero attached hydrogens (tertiary/aromatic N) is 1. The Morgan fingerprint density at radius 3 is 2.15 bits per heavy atom. The van der Waals surface area contributed by atoms with E-state index in [0.29, 0.717) is 0 Å². The van der Waals surface area contributed by atoms with Crippen molar-refractivity contribution in [3.05, 3.63) is 7.05 Å². The van der Waals surface area contributed by atoms with Crippen LogP contribution in [-0.4, -0.2) is 37.1 Å². The Labute approximate surface area is 80.9 Å². The molecule has 1 saturated carbocycles. The molecule has 1 N–H and O–H groups in total. The van der Waals surface area contributed by atoms with Gasteiger partial charge >= 0.3 is 0 Å². The average molecular weight is 180 g/mol. The van der Waals surface area contributed by atoms with E-state index in [0.717, 1.165) is 17.9 Å². The van der Waals surface area contributed by atoms with Crippen molar-refractivity contribution in [3.8, 4) is 0 Å². The van der Waals surface area contributed by atoms with Gasteiger partial charge in [-0.3, -0.25) is 4.90 Å². The fraction of sp³-hybridized carbons (Fsp3) is 0.909. The minimum atomic E-state index is 0.971. The lowest BCUT2D eigenvalue weighted by Crippen LogP contribution is -3.05. The lowest BCUT2D eigenvalue weighted by atomic mass is 9.92. The molecule has 3 fully saturated rings. The van der Waals surface area contributed by atoms with Gasteiger partial charge in [0, 0.05) is 31.0 Å². The van der Waals surface area contributed by atoms with Crippen molar-refractivity contribution in [2.24, 2.45) is 11.8 Å². The highest BCUT2D eigenvalue weighted by Crippen LogP contribution is 2.32.